The Balaban J connectivity index is 1.81. The molecule has 8 heteroatoms. The zero-order chi connectivity index (χ0) is 20.7. The number of anilines is 1. The average Bonchev–Trinajstić information content (AvgIpc) is 3.12. The molecule has 0 fully saturated rings. The summed E-state index contributed by atoms with van der Waals surface area (Å²) in [6.45, 7) is 3.19. The third-order valence-corrected chi connectivity index (χ3v) is 4.91. The summed E-state index contributed by atoms with van der Waals surface area (Å²) in [5.74, 6) is -1.82. The Labute approximate surface area is 166 Å². The number of ether oxygens (including phenoxy) is 2. The van der Waals surface area contributed by atoms with Crippen LogP contribution in [-0.4, -0.2) is 37.3 Å². The summed E-state index contributed by atoms with van der Waals surface area (Å²) in [6, 6.07) is 8.32. The first-order valence-corrected chi connectivity index (χ1v) is 9.36. The molecule has 0 aliphatic heterocycles. The number of carbonyl (C=O) groups is 4. The number of esters is 2. The molecule has 0 saturated carbocycles. The van der Waals surface area contributed by atoms with Crippen molar-refractivity contribution in [3.05, 3.63) is 51.2 Å². The van der Waals surface area contributed by atoms with Crippen molar-refractivity contribution in [3.8, 4) is 0 Å². The maximum Gasteiger partial charge on any atom is 0.337 e. The monoisotopic (exact) mass is 403 g/mol. The van der Waals surface area contributed by atoms with Crippen molar-refractivity contribution in [2.24, 2.45) is 0 Å². The molecule has 0 unspecified atom stereocenters. The molecule has 28 heavy (non-hydrogen) atoms. The molecule has 2 aromatic rings. The van der Waals surface area contributed by atoms with Crippen LogP contribution in [0.2, 0.25) is 0 Å². The van der Waals surface area contributed by atoms with E-state index < -0.39 is 24.5 Å². The van der Waals surface area contributed by atoms with Crippen LogP contribution in [0.25, 0.3) is 0 Å². The minimum absolute atomic E-state index is 0.0285. The predicted molar refractivity (Wildman–Crippen MR) is 105 cm³/mol. The van der Waals surface area contributed by atoms with Crippen LogP contribution in [0.3, 0.4) is 0 Å². The molecule has 0 atom stereocenters. The van der Waals surface area contributed by atoms with Gasteiger partial charge in [-0.2, -0.15) is 0 Å². The fourth-order valence-electron chi connectivity index (χ4n) is 2.33. The molecule has 148 valence electrons. The first-order valence-electron chi connectivity index (χ1n) is 8.54. The first-order chi connectivity index (χ1) is 13.3. The van der Waals surface area contributed by atoms with E-state index in [4.69, 9.17) is 4.74 Å². The van der Waals surface area contributed by atoms with Gasteiger partial charge in [-0.15, -0.1) is 11.3 Å². The van der Waals surface area contributed by atoms with Crippen molar-refractivity contribution in [2.75, 3.05) is 19.0 Å². The highest BCUT2D eigenvalue weighted by Crippen LogP contribution is 2.18. The predicted octanol–water partition coefficient (Wildman–Crippen LogP) is 3.30. The van der Waals surface area contributed by atoms with Gasteiger partial charge in [0.15, 0.2) is 12.4 Å². The highest BCUT2D eigenvalue weighted by Gasteiger charge is 2.14. The fraction of sp³-hybridized carbons (Fsp3) is 0.300. The van der Waals surface area contributed by atoms with Gasteiger partial charge < -0.3 is 14.8 Å². The van der Waals surface area contributed by atoms with Gasteiger partial charge in [0, 0.05) is 17.0 Å². The SMILES string of the molecule is COC(=O)c1ccc(C)c(NC(=O)COC(=O)CCC(=O)c2ccc(C)s2)c1. The Hall–Kier alpha value is -3.00. The lowest BCUT2D eigenvalue weighted by atomic mass is 10.1. The van der Waals surface area contributed by atoms with Crippen LogP contribution in [0.5, 0.6) is 0 Å². The number of carbonyl (C=O) groups excluding carboxylic acids is 4. The van der Waals surface area contributed by atoms with Gasteiger partial charge in [0.05, 0.1) is 24.0 Å². The van der Waals surface area contributed by atoms with E-state index in [1.807, 2.05) is 13.0 Å². The highest BCUT2D eigenvalue weighted by atomic mass is 32.1. The van der Waals surface area contributed by atoms with Crippen molar-refractivity contribution in [1.29, 1.82) is 0 Å². The highest BCUT2D eigenvalue weighted by molar-refractivity contribution is 7.14. The van der Waals surface area contributed by atoms with Crippen LogP contribution in [0.15, 0.2) is 30.3 Å². The second-order valence-corrected chi connectivity index (χ2v) is 7.35. The average molecular weight is 403 g/mol. The lowest BCUT2D eigenvalue weighted by Crippen LogP contribution is -2.21. The van der Waals surface area contributed by atoms with E-state index in [-0.39, 0.29) is 18.6 Å². The molecule has 0 aliphatic carbocycles. The summed E-state index contributed by atoms with van der Waals surface area (Å²) < 4.78 is 9.56. The molecule has 1 N–H and O–H groups in total. The molecule has 2 rings (SSSR count). The summed E-state index contributed by atoms with van der Waals surface area (Å²) >= 11 is 1.37. The van der Waals surface area contributed by atoms with Crippen LogP contribution < -0.4 is 5.32 Å². The third-order valence-electron chi connectivity index (χ3n) is 3.87. The molecule has 0 spiro atoms. The molecule has 1 heterocycles. The van der Waals surface area contributed by atoms with Gasteiger partial charge in [-0.25, -0.2) is 4.79 Å². The summed E-state index contributed by atoms with van der Waals surface area (Å²) in [5, 5.41) is 2.59. The molecular formula is C20H21NO6S. The molecule has 0 radical (unpaired) electrons. The summed E-state index contributed by atoms with van der Waals surface area (Å²) in [4.78, 5) is 49.0. The molecule has 1 amide bonds. The van der Waals surface area contributed by atoms with E-state index in [0.717, 1.165) is 10.4 Å². The number of rotatable bonds is 8. The Morgan fingerprint density at radius 3 is 2.43 bits per heavy atom. The third kappa shape index (κ3) is 6.02. The van der Waals surface area contributed by atoms with Crippen LogP contribution in [0, 0.1) is 13.8 Å². The van der Waals surface area contributed by atoms with Gasteiger partial charge in [0.25, 0.3) is 5.91 Å². The number of Topliss-reactive ketones (excluding diaryl/α,β-unsaturated/α-hetero) is 1. The van der Waals surface area contributed by atoms with Crippen LogP contribution in [-0.2, 0) is 19.1 Å². The minimum atomic E-state index is -0.628. The molecule has 7 nitrogen and oxygen atoms in total. The number of nitrogens with one attached hydrogen (secondary N) is 1. The molecule has 1 aromatic carbocycles. The summed E-state index contributed by atoms with van der Waals surface area (Å²) in [7, 11) is 1.27. The van der Waals surface area contributed by atoms with Crippen LogP contribution in [0.1, 0.15) is 43.3 Å². The lowest BCUT2D eigenvalue weighted by Gasteiger charge is -2.10. The van der Waals surface area contributed by atoms with Crippen LogP contribution >= 0.6 is 11.3 Å². The van der Waals surface area contributed by atoms with Crippen molar-refractivity contribution >= 4 is 40.7 Å². The van der Waals surface area contributed by atoms with E-state index in [2.05, 4.69) is 10.1 Å². The number of ketones is 1. The molecule has 0 saturated heterocycles. The zero-order valence-corrected chi connectivity index (χ0v) is 16.7. The Morgan fingerprint density at radius 2 is 1.79 bits per heavy atom. The van der Waals surface area contributed by atoms with Gasteiger partial charge in [-0.3, -0.25) is 14.4 Å². The standard InChI is InChI=1S/C20H21NO6S/c1-12-4-6-14(20(25)26-3)10-15(12)21-18(23)11-27-19(24)9-7-16(22)17-8-5-13(2)28-17/h4-6,8,10H,7,9,11H2,1-3H3,(H,21,23). The first kappa shape index (κ1) is 21.3. The van der Waals surface area contributed by atoms with E-state index in [1.165, 1.54) is 24.5 Å². The van der Waals surface area contributed by atoms with Crippen molar-refractivity contribution in [2.45, 2.75) is 26.7 Å². The van der Waals surface area contributed by atoms with Crippen molar-refractivity contribution in [3.63, 3.8) is 0 Å². The van der Waals surface area contributed by atoms with Gasteiger partial charge >= 0.3 is 11.9 Å². The number of amides is 1. The number of aryl methyl sites for hydroxylation is 2. The second-order valence-electron chi connectivity index (χ2n) is 6.06. The molecule has 1 aromatic heterocycles. The summed E-state index contributed by atoms with van der Waals surface area (Å²) in [5.41, 5.74) is 1.46. The molecular weight excluding hydrogens is 382 g/mol. The molecule has 0 aliphatic rings. The Bertz CT molecular complexity index is 902. The number of benzene rings is 1. The van der Waals surface area contributed by atoms with E-state index in [1.54, 1.807) is 25.1 Å². The number of methoxy groups -OCH3 is 1. The lowest BCUT2D eigenvalue weighted by molar-refractivity contribution is -0.147. The topological polar surface area (TPSA) is 98.8 Å². The van der Waals surface area contributed by atoms with Crippen LogP contribution in [0.4, 0.5) is 5.69 Å². The van der Waals surface area contributed by atoms with Gasteiger partial charge in [-0.05, 0) is 43.7 Å². The van der Waals surface area contributed by atoms with E-state index in [0.29, 0.717) is 16.1 Å². The smallest absolute Gasteiger partial charge is 0.337 e. The number of hydrogen-bond acceptors (Lipinski definition) is 7. The Kier molecular flexibility index (Phi) is 7.45. The van der Waals surface area contributed by atoms with Gasteiger partial charge in [0.1, 0.15) is 0 Å². The van der Waals surface area contributed by atoms with Crippen molar-refractivity contribution < 1.29 is 28.7 Å². The fourth-order valence-corrected chi connectivity index (χ4v) is 3.16. The maximum atomic E-state index is 12.0. The van der Waals surface area contributed by atoms with Gasteiger partial charge in [0.2, 0.25) is 0 Å². The maximum absolute atomic E-state index is 12.0. The van der Waals surface area contributed by atoms with Crippen molar-refractivity contribution in [1.82, 2.24) is 0 Å². The van der Waals surface area contributed by atoms with Gasteiger partial charge in [-0.1, -0.05) is 6.07 Å². The number of hydrogen-bond donors (Lipinski definition) is 1. The largest absolute Gasteiger partial charge is 0.465 e. The molecule has 0 bridgehead atoms. The van der Waals surface area contributed by atoms with E-state index >= 15 is 0 Å². The second kappa shape index (κ2) is 9.80. The number of thiophene rings is 1. The Morgan fingerprint density at radius 1 is 1.04 bits per heavy atom. The normalized spacial score (nSPS) is 10.2. The van der Waals surface area contributed by atoms with E-state index in [9.17, 15) is 19.2 Å². The summed E-state index contributed by atoms with van der Waals surface area (Å²) in [6.07, 6.45) is -0.0688. The zero-order valence-electron chi connectivity index (χ0n) is 15.9. The minimum Gasteiger partial charge on any atom is -0.465 e. The quantitative estimate of drug-likeness (QED) is 0.536.